The van der Waals surface area contributed by atoms with Crippen molar-refractivity contribution in [2.45, 2.75) is 13.0 Å². The molecule has 1 aromatic heterocycles. The summed E-state index contributed by atoms with van der Waals surface area (Å²) >= 11 is 5.99. The van der Waals surface area contributed by atoms with E-state index >= 15 is 0 Å². The highest BCUT2D eigenvalue weighted by atomic mass is 35.5. The average Bonchev–Trinajstić information content (AvgIpc) is 2.97. The third-order valence-electron chi connectivity index (χ3n) is 4.69. The van der Waals surface area contributed by atoms with Gasteiger partial charge < -0.3 is 14.4 Å². The highest BCUT2D eigenvalue weighted by Crippen LogP contribution is 2.36. The van der Waals surface area contributed by atoms with Crippen LogP contribution in [-0.2, 0) is 17.8 Å². The summed E-state index contributed by atoms with van der Waals surface area (Å²) in [4.78, 5) is 16.1. The van der Waals surface area contributed by atoms with E-state index in [1.165, 1.54) is 0 Å². The molecular weight excluding hydrogens is 352 g/mol. The van der Waals surface area contributed by atoms with Gasteiger partial charge in [-0.2, -0.15) is 0 Å². The monoisotopic (exact) mass is 368 g/mol. The number of carbonyl (C=O) groups is 1. The Morgan fingerprint density at radius 1 is 1.27 bits per heavy atom. The van der Waals surface area contributed by atoms with Crippen molar-refractivity contribution in [1.82, 2.24) is 4.57 Å². The number of benzene rings is 2. The second kappa shape index (κ2) is 6.50. The van der Waals surface area contributed by atoms with Crippen LogP contribution in [0.4, 0.5) is 0 Å². The molecule has 1 aliphatic rings. The maximum absolute atomic E-state index is 11.8. The largest absolute Gasteiger partial charge is 0.496 e. The Labute approximate surface area is 155 Å². The molecule has 0 saturated carbocycles. The van der Waals surface area contributed by atoms with Crippen molar-refractivity contribution in [2.75, 3.05) is 13.7 Å². The Balaban J connectivity index is 1.99. The molecule has 5 nitrogen and oxygen atoms in total. The Hall–Kier alpha value is -2.79. The Morgan fingerprint density at radius 3 is 2.73 bits per heavy atom. The van der Waals surface area contributed by atoms with Crippen LogP contribution in [0.25, 0.3) is 10.9 Å². The van der Waals surface area contributed by atoms with Crippen molar-refractivity contribution in [1.29, 1.82) is 0 Å². The van der Waals surface area contributed by atoms with Gasteiger partial charge in [-0.25, -0.2) is 4.79 Å². The van der Waals surface area contributed by atoms with Gasteiger partial charge in [0.1, 0.15) is 5.75 Å². The van der Waals surface area contributed by atoms with Gasteiger partial charge in [0.25, 0.3) is 0 Å². The van der Waals surface area contributed by atoms with Crippen molar-refractivity contribution in [3.63, 3.8) is 0 Å². The van der Waals surface area contributed by atoms with E-state index in [1.54, 1.807) is 7.11 Å². The molecule has 2 heterocycles. The first-order chi connectivity index (χ1) is 12.6. The average molecular weight is 369 g/mol. The quantitative estimate of drug-likeness (QED) is 0.762. The van der Waals surface area contributed by atoms with Crippen molar-refractivity contribution in [3.8, 4) is 5.75 Å². The molecule has 0 bridgehead atoms. The van der Waals surface area contributed by atoms with E-state index in [-0.39, 0.29) is 5.71 Å². The highest BCUT2D eigenvalue weighted by Gasteiger charge is 2.29. The van der Waals surface area contributed by atoms with E-state index in [0.29, 0.717) is 30.2 Å². The first-order valence-electron chi connectivity index (χ1n) is 8.30. The van der Waals surface area contributed by atoms with E-state index < -0.39 is 5.97 Å². The Kier molecular flexibility index (Phi) is 4.17. The predicted octanol–water partition coefficient (Wildman–Crippen LogP) is 3.78. The number of methoxy groups -OCH3 is 1. The summed E-state index contributed by atoms with van der Waals surface area (Å²) in [5.41, 5.74) is 3.74. The molecule has 6 heteroatoms. The minimum Gasteiger partial charge on any atom is -0.496 e. The number of rotatable bonds is 4. The second-order valence-electron chi connectivity index (χ2n) is 6.18. The molecule has 0 spiro atoms. The molecule has 2 aromatic carbocycles. The van der Waals surface area contributed by atoms with E-state index in [0.717, 1.165) is 27.8 Å². The zero-order valence-corrected chi connectivity index (χ0v) is 15.0. The third-order valence-corrected chi connectivity index (χ3v) is 4.94. The summed E-state index contributed by atoms with van der Waals surface area (Å²) in [6.45, 7) is 0.995. The van der Waals surface area contributed by atoms with Gasteiger partial charge in [-0.1, -0.05) is 29.8 Å². The van der Waals surface area contributed by atoms with Gasteiger partial charge in [-0.15, -0.1) is 0 Å². The molecule has 1 aliphatic heterocycles. The maximum Gasteiger partial charge on any atom is 0.356 e. The summed E-state index contributed by atoms with van der Waals surface area (Å²) in [5, 5.41) is 11.3. The molecule has 0 aliphatic carbocycles. The standard InChI is InChI=1S/C20H17ClN2O3/c1-26-16-4-2-3-15-17(16)14-9-10-22-18(20(24)25)19(14)23(15)11-12-5-7-13(21)8-6-12/h2-8H,9-11H2,1H3,(H,24,25). The lowest BCUT2D eigenvalue weighted by Gasteiger charge is -2.15. The van der Waals surface area contributed by atoms with Crippen LogP contribution >= 0.6 is 11.6 Å². The van der Waals surface area contributed by atoms with Crippen molar-refractivity contribution in [2.24, 2.45) is 4.99 Å². The summed E-state index contributed by atoms with van der Waals surface area (Å²) in [5.74, 6) is -0.259. The molecule has 0 amide bonds. The number of aliphatic carboxylic acids is 1. The molecule has 0 atom stereocenters. The number of hydrogen-bond acceptors (Lipinski definition) is 3. The zero-order valence-electron chi connectivity index (χ0n) is 14.2. The maximum atomic E-state index is 11.8. The fourth-order valence-electron chi connectivity index (χ4n) is 3.59. The van der Waals surface area contributed by atoms with Crippen molar-refractivity contribution >= 4 is 34.2 Å². The molecule has 0 unspecified atom stereocenters. The fraction of sp³-hybridized carbons (Fsp3) is 0.200. The number of ether oxygens (including phenoxy) is 1. The lowest BCUT2D eigenvalue weighted by molar-refractivity contribution is -0.129. The second-order valence-corrected chi connectivity index (χ2v) is 6.62. The Morgan fingerprint density at radius 2 is 2.04 bits per heavy atom. The third kappa shape index (κ3) is 2.65. The SMILES string of the molecule is COc1cccc2c1c1c(n2Cc2ccc(Cl)cc2)C(C(=O)O)=NCC1. The lowest BCUT2D eigenvalue weighted by Crippen LogP contribution is -2.24. The number of aromatic nitrogens is 1. The number of halogens is 1. The molecule has 0 radical (unpaired) electrons. The van der Waals surface area contributed by atoms with Crippen LogP contribution in [0.2, 0.25) is 5.02 Å². The number of aliphatic imine (C=N–C) groups is 1. The van der Waals surface area contributed by atoms with Crippen LogP contribution in [0, 0.1) is 0 Å². The number of nitrogens with zero attached hydrogens (tertiary/aromatic N) is 2. The molecule has 1 N–H and O–H groups in total. The van der Waals surface area contributed by atoms with Crippen LogP contribution < -0.4 is 4.74 Å². The number of carboxylic acid groups (broad SMARTS) is 1. The molecular formula is C20H17ClN2O3. The lowest BCUT2D eigenvalue weighted by atomic mass is 10.0. The minimum absolute atomic E-state index is 0.110. The summed E-state index contributed by atoms with van der Waals surface area (Å²) in [6.07, 6.45) is 0.691. The van der Waals surface area contributed by atoms with Gasteiger partial charge in [0.15, 0.2) is 5.71 Å². The fourth-order valence-corrected chi connectivity index (χ4v) is 3.72. The van der Waals surface area contributed by atoms with Gasteiger partial charge in [0, 0.05) is 23.5 Å². The molecule has 0 fully saturated rings. The molecule has 4 rings (SSSR count). The van der Waals surface area contributed by atoms with Crippen molar-refractivity contribution in [3.05, 3.63) is 64.3 Å². The first-order valence-corrected chi connectivity index (χ1v) is 8.68. The predicted molar refractivity (Wildman–Crippen MR) is 102 cm³/mol. The highest BCUT2D eigenvalue weighted by molar-refractivity contribution is 6.43. The van der Waals surface area contributed by atoms with Crippen LogP contribution in [0.1, 0.15) is 16.8 Å². The van der Waals surface area contributed by atoms with Gasteiger partial charge in [0.05, 0.1) is 18.3 Å². The van der Waals surface area contributed by atoms with E-state index in [2.05, 4.69) is 4.99 Å². The summed E-state index contributed by atoms with van der Waals surface area (Å²) in [6, 6.07) is 13.4. The smallest absolute Gasteiger partial charge is 0.356 e. The molecule has 0 saturated heterocycles. The van der Waals surface area contributed by atoms with Gasteiger partial charge in [-0.3, -0.25) is 4.99 Å². The van der Waals surface area contributed by atoms with Gasteiger partial charge in [-0.05, 0) is 41.8 Å². The molecule has 26 heavy (non-hydrogen) atoms. The first kappa shape index (κ1) is 16.7. The molecule has 132 valence electrons. The topological polar surface area (TPSA) is 63.8 Å². The van der Waals surface area contributed by atoms with Crippen LogP contribution in [-0.4, -0.2) is 35.0 Å². The zero-order chi connectivity index (χ0) is 18.3. The minimum atomic E-state index is -1.01. The van der Waals surface area contributed by atoms with E-state index in [1.807, 2.05) is 47.0 Å². The van der Waals surface area contributed by atoms with Gasteiger partial charge in [0.2, 0.25) is 0 Å². The van der Waals surface area contributed by atoms with Crippen LogP contribution in [0.15, 0.2) is 47.5 Å². The van der Waals surface area contributed by atoms with Crippen LogP contribution in [0.5, 0.6) is 5.75 Å². The van der Waals surface area contributed by atoms with Crippen LogP contribution in [0.3, 0.4) is 0 Å². The Bertz CT molecular complexity index is 1040. The van der Waals surface area contributed by atoms with E-state index in [4.69, 9.17) is 16.3 Å². The normalized spacial score (nSPS) is 13.4. The number of carboxylic acids is 1. The van der Waals surface area contributed by atoms with Crippen molar-refractivity contribution < 1.29 is 14.6 Å². The molecule has 3 aromatic rings. The number of hydrogen-bond donors (Lipinski definition) is 1. The van der Waals surface area contributed by atoms with Gasteiger partial charge >= 0.3 is 5.97 Å². The number of fused-ring (bicyclic) bond motifs is 3. The summed E-state index contributed by atoms with van der Waals surface area (Å²) < 4.78 is 7.57. The van der Waals surface area contributed by atoms with E-state index in [9.17, 15) is 9.90 Å². The summed E-state index contributed by atoms with van der Waals surface area (Å²) in [7, 11) is 1.63.